The molecule has 2 rings (SSSR count). The molecule has 18 heavy (non-hydrogen) atoms. The molecule has 1 amide bonds. The minimum absolute atomic E-state index is 0.0145. The Hall–Kier alpha value is -1.51. The second kappa shape index (κ2) is 5.01. The summed E-state index contributed by atoms with van der Waals surface area (Å²) in [6, 6.07) is 7.14. The second-order valence-electron chi connectivity index (χ2n) is 5.82. The topological polar surface area (TPSA) is 55.1 Å². The van der Waals surface area contributed by atoms with Crippen molar-refractivity contribution in [3.63, 3.8) is 0 Å². The van der Waals surface area contributed by atoms with Crippen molar-refractivity contribution in [2.45, 2.75) is 45.1 Å². The summed E-state index contributed by atoms with van der Waals surface area (Å²) in [6.45, 7) is 4.42. The van der Waals surface area contributed by atoms with Gasteiger partial charge in [-0.05, 0) is 56.7 Å². The highest BCUT2D eigenvalue weighted by Gasteiger charge is 2.31. The molecule has 3 N–H and O–H groups in total. The van der Waals surface area contributed by atoms with E-state index in [0.29, 0.717) is 11.3 Å². The second-order valence-corrected chi connectivity index (χ2v) is 5.82. The molecule has 0 radical (unpaired) electrons. The molecule has 0 bridgehead atoms. The number of carbonyl (C=O) groups excluding carboxylic acids is 1. The first-order valence-electron chi connectivity index (χ1n) is 6.67. The van der Waals surface area contributed by atoms with Gasteiger partial charge in [-0.2, -0.15) is 0 Å². The monoisotopic (exact) mass is 246 g/mol. The number of carbonyl (C=O) groups is 1. The average Bonchev–Trinajstić information content (AvgIpc) is 2.33. The smallest absolute Gasteiger partial charge is 0.251 e. The van der Waals surface area contributed by atoms with Crippen LogP contribution in [0.5, 0.6) is 0 Å². The molecule has 1 aromatic carbocycles. The van der Waals surface area contributed by atoms with E-state index in [2.05, 4.69) is 19.2 Å². The van der Waals surface area contributed by atoms with Crippen molar-refractivity contribution < 1.29 is 4.79 Å². The van der Waals surface area contributed by atoms with E-state index in [0.717, 1.165) is 18.8 Å². The Morgan fingerprint density at radius 3 is 2.67 bits per heavy atom. The summed E-state index contributed by atoms with van der Waals surface area (Å²) in [6.07, 6.45) is 4.49. The van der Waals surface area contributed by atoms with Crippen molar-refractivity contribution in [2.24, 2.45) is 5.92 Å². The fourth-order valence-corrected chi connectivity index (χ4v) is 2.55. The van der Waals surface area contributed by atoms with E-state index < -0.39 is 0 Å². The number of nitrogens with one attached hydrogen (secondary N) is 1. The highest BCUT2D eigenvalue weighted by molar-refractivity contribution is 5.95. The lowest BCUT2D eigenvalue weighted by Gasteiger charge is -2.37. The first kappa shape index (κ1) is 12.9. The molecule has 1 aliphatic rings. The third-order valence-corrected chi connectivity index (χ3v) is 3.94. The first-order valence-corrected chi connectivity index (χ1v) is 6.67. The SMILES string of the molecule is CC1CCC(C)(NC(=O)c2cccc(N)c2)CC1. The van der Waals surface area contributed by atoms with Crippen molar-refractivity contribution in [3.8, 4) is 0 Å². The van der Waals surface area contributed by atoms with Crippen molar-refractivity contribution >= 4 is 11.6 Å². The Labute approximate surface area is 109 Å². The van der Waals surface area contributed by atoms with Gasteiger partial charge in [0.1, 0.15) is 0 Å². The van der Waals surface area contributed by atoms with Crippen LogP contribution in [-0.2, 0) is 0 Å². The molecular weight excluding hydrogens is 224 g/mol. The summed E-state index contributed by atoms with van der Waals surface area (Å²) in [5, 5.41) is 3.16. The molecule has 0 aliphatic heterocycles. The maximum absolute atomic E-state index is 12.2. The summed E-state index contributed by atoms with van der Waals surface area (Å²) >= 11 is 0. The van der Waals surface area contributed by atoms with Crippen molar-refractivity contribution in [1.82, 2.24) is 5.32 Å². The molecule has 1 aliphatic carbocycles. The van der Waals surface area contributed by atoms with Crippen LogP contribution in [0.3, 0.4) is 0 Å². The molecule has 3 nitrogen and oxygen atoms in total. The normalized spacial score (nSPS) is 27.8. The van der Waals surface area contributed by atoms with Gasteiger partial charge in [-0.3, -0.25) is 4.79 Å². The lowest BCUT2D eigenvalue weighted by molar-refractivity contribution is 0.0870. The van der Waals surface area contributed by atoms with Gasteiger partial charge in [0.25, 0.3) is 5.91 Å². The molecule has 0 aromatic heterocycles. The van der Waals surface area contributed by atoms with E-state index in [1.54, 1.807) is 18.2 Å². The van der Waals surface area contributed by atoms with E-state index in [4.69, 9.17) is 5.73 Å². The standard InChI is InChI=1S/C15H22N2O/c1-11-6-8-15(2,9-7-11)17-14(18)12-4-3-5-13(16)10-12/h3-5,10-11H,6-9,16H2,1-2H3,(H,17,18). The quantitative estimate of drug-likeness (QED) is 0.788. The molecule has 0 unspecified atom stereocenters. The van der Waals surface area contributed by atoms with Crippen LogP contribution in [0.1, 0.15) is 49.9 Å². The largest absolute Gasteiger partial charge is 0.399 e. The van der Waals surface area contributed by atoms with Gasteiger partial charge in [-0.1, -0.05) is 13.0 Å². The number of hydrogen-bond donors (Lipinski definition) is 2. The molecular formula is C15H22N2O. The molecule has 0 heterocycles. The Bertz CT molecular complexity index is 434. The van der Waals surface area contributed by atoms with Gasteiger partial charge >= 0.3 is 0 Å². The van der Waals surface area contributed by atoms with E-state index in [9.17, 15) is 4.79 Å². The number of benzene rings is 1. The summed E-state index contributed by atoms with van der Waals surface area (Å²) in [4.78, 5) is 12.2. The molecule has 1 fully saturated rings. The van der Waals surface area contributed by atoms with Crippen LogP contribution in [0.15, 0.2) is 24.3 Å². The van der Waals surface area contributed by atoms with Crippen molar-refractivity contribution in [2.75, 3.05) is 5.73 Å². The third-order valence-electron chi connectivity index (χ3n) is 3.94. The summed E-state index contributed by atoms with van der Waals surface area (Å²) in [7, 11) is 0. The number of amides is 1. The van der Waals surface area contributed by atoms with Crippen LogP contribution in [0.25, 0.3) is 0 Å². The maximum Gasteiger partial charge on any atom is 0.251 e. The van der Waals surface area contributed by atoms with E-state index in [1.165, 1.54) is 12.8 Å². The molecule has 0 saturated heterocycles. The fourth-order valence-electron chi connectivity index (χ4n) is 2.55. The molecule has 0 atom stereocenters. The molecule has 0 spiro atoms. The predicted molar refractivity (Wildman–Crippen MR) is 74.4 cm³/mol. The molecule has 3 heteroatoms. The lowest BCUT2D eigenvalue weighted by Crippen LogP contribution is -2.48. The molecule has 1 aromatic rings. The van der Waals surface area contributed by atoms with Gasteiger partial charge in [0.05, 0.1) is 0 Å². The van der Waals surface area contributed by atoms with Crippen LogP contribution in [0, 0.1) is 5.92 Å². The van der Waals surface area contributed by atoms with Crippen molar-refractivity contribution in [1.29, 1.82) is 0 Å². The van der Waals surface area contributed by atoms with Gasteiger partial charge in [0, 0.05) is 16.8 Å². The molecule has 1 saturated carbocycles. The number of anilines is 1. The van der Waals surface area contributed by atoms with Gasteiger partial charge in [0.2, 0.25) is 0 Å². The Kier molecular flexibility index (Phi) is 3.60. The zero-order chi connectivity index (χ0) is 13.2. The summed E-state index contributed by atoms with van der Waals surface area (Å²) in [5.74, 6) is 0.765. The van der Waals surface area contributed by atoms with Gasteiger partial charge in [-0.25, -0.2) is 0 Å². The summed E-state index contributed by atoms with van der Waals surface area (Å²) in [5.41, 5.74) is 6.92. The number of hydrogen-bond acceptors (Lipinski definition) is 2. The lowest BCUT2D eigenvalue weighted by atomic mass is 9.78. The minimum atomic E-state index is -0.0613. The van der Waals surface area contributed by atoms with Crippen molar-refractivity contribution in [3.05, 3.63) is 29.8 Å². The third kappa shape index (κ3) is 3.03. The zero-order valence-electron chi connectivity index (χ0n) is 11.2. The van der Waals surface area contributed by atoms with Crippen LogP contribution >= 0.6 is 0 Å². The Balaban J connectivity index is 2.03. The van der Waals surface area contributed by atoms with E-state index in [-0.39, 0.29) is 11.4 Å². The Morgan fingerprint density at radius 2 is 2.06 bits per heavy atom. The summed E-state index contributed by atoms with van der Waals surface area (Å²) < 4.78 is 0. The Morgan fingerprint density at radius 1 is 1.39 bits per heavy atom. The van der Waals surface area contributed by atoms with Gasteiger partial charge < -0.3 is 11.1 Å². The van der Waals surface area contributed by atoms with Gasteiger partial charge in [0.15, 0.2) is 0 Å². The van der Waals surface area contributed by atoms with E-state index in [1.807, 2.05) is 6.07 Å². The van der Waals surface area contributed by atoms with Crippen LogP contribution in [-0.4, -0.2) is 11.4 Å². The predicted octanol–water partition coefficient (Wildman–Crippen LogP) is 2.97. The zero-order valence-corrected chi connectivity index (χ0v) is 11.2. The van der Waals surface area contributed by atoms with Crippen LogP contribution in [0.4, 0.5) is 5.69 Å². The van der Waals surface area contributed by atoms with E-state index >= 15 is 0 Å². The number of nitrogen functional groups attached to an aromatic ring is 1. The van der Waals surface area contributed by atoms with Crippen LogP contribution < -0.4 is 11.1 Å². The van der Waals surface area contributed by atoms with Crippen LogP contribution in [0.2, 0.25) is 0 Å². The minimum Gasteiger partial charge on any atom is -0.399 e. The van der Waals surface area contributed by atoms with Gasteiger partial charge in [-0.15, -0.1) is 0 Å². The molecule has 98 valence electrons. The maximum atomic E-state index is 12.2. The number of nitrogens with two attached hydrogens (primary N) is 1. The highest BCUT2D eigenvalue weighted by Crippen LogP contribution is 2.31. The average molecular weight is 246 g/mol. The highest BCUT2D eigenvalue weighted by atomic mass is 16.1. The fraction of sp³-hybridized carbons (Fsp3) is 0.533. The number of rotatable bonds is 2. The first-order chi connectivity index (χ1) is 8.48.